The number of allylic oxidation sites excluding steroid dienone is 1. The number of hydrogen-bond donors (Lipinski definition) is 0. The lowest BCUT2D eigenvalue weighted by molar-refractivity contribution is 0.415. The molecule has 0 unspecified atom stereocenters. The van der Waals surface area contributed by atoms with Crippen LogP contribution in [-0.4, -0.2) is 12.0 Å². The van der Waals surface area contributed by atoms with Crippen LogP contribution in [0.2, 0.25) is 0 Å². The maximum Gasteiger partial charge on any atom is 0.118 e. The van der Waals surface area contributed by atoms with Crippen LogP contribution in [0, 0.1) is 0 Å². The van der Waals surface area contributed by atoms with Crippen molar-refractivity contribution in [2.45, 2.75) is 25.7 Å². The smallest absolute Gasteiger partial charge is 0.118 e. The normalized spacial score (nSPS) is 11.6. The molecule has 0 spiro atoms. The Morgan fingerprint density at radius 3 is 1.74 bits per heavy atom. The Balaban J connectivity index is 1.67. The van der Waals surface area contributed by atoms with E-state index in [-0.39, 0.29) is 0 Å². The highest BCUT2D eigenvalue weighted by atomic mass is 32.1. The zero-order chi connectivity index (χ0) is 23.6. The molecular formula is C32H30OS. The van der Waals surface area contributed by atoms with Gasteiger partial charge in [-0.25, -0.2) is 0 Å². The van der Waals surface area contributed by atoms with Crippen LogP contribution in [0.1, 0.15) is 41.5 Å². The zero-order valence-electron chi connectivity index (χ0n) is 19.6. The van der Waals surface area contributed by atoms with Gasteiger partial charge < -0.3 is 4.74 Å². The molecule has 0 N–H and O–H groups in total. The van der Waals surface area contributed by atoms with Crippen LogP contribution in [-0.2, 0) is 6.42 Å². The third-order valence-corrected chi connectivity index (χ3v) is 6.34. The van der Waals surface area contributed by atoms with Gasteiger partial charge in [0.2, 0.25) is 0 Å². The highest BCUT2D eigenvalue weighted by molar-refractivity contribution is 7.80. The Kier molecular flexibility index (Phi) is 8.43. The van der Waals surface area contributed by atoms with Gasteiger partial charge in [-0.15, -0.1) is 0 Å². The van der Waals surface area contributed by atoms with Gasteiger partial charge in [0.1, 0.15) is 5.75 Å². The maximum absolute atomic E-state index is 5.76. The molecule has 0 aliphatic carbocycles. The van der Waals surface area contributed by atoms with E-state index < -0.39 is 0 Å². The lowest BCUT2D eigenvalue weighted by atomic mass is 9.86. The molecule has 0 aromatic heterocycles. The fraction of sp³-hybridized carbons (Fsp3) is 0.156. The van der Waals surface area contributed by atoms with E-state index >= 15 is 0 Å². The summed E-state index contributed by atoms with van der Waals surface area (Å²) in [6.07, 6.45) is 3.77. The van der Waals surface area contributed by atoms with E-state index in [4.69, 9.17) is 17.0 Å². The van der Waals surface area contributed by atoms with E-state index in [1.165, 1.54) is 33.4 Å². The van der Waals surface area contributed by atoms with Crippen LogP contribution in [0.4, 0.5) is 0 Å². The van der Waals surface area contributed by atoms with Crippen LogP contribution < -0.4 is 4.74 Å². The predicted octanol–water partition coefficient (Wildman–Crippen LogP) is 8.44. The Hall–Kier alpha value is -3.49. The van der Waals surface area contributed by atoms with Crippen molar-refractivity contribution in [2.24, 2.45) is 0 Å². The summed E-state index contributed by atoms with van der Waals surface area (Å²) in [4.78, 5) is 1.12. The fourth-order valence-electron chi connectivity index (χ4n) is 4.30. The summed E-state index contributed by atoms with van der Waals surface area (Å²) < 4.78 is 5.41. The first-order chi connectivity index (χ1) is 16.7. The minimum Gasteiger partial charge on any atom is -0.497 e. The maximum atomic E-state index is 5.76. The number of rotatable bonds is 10. The Morgan fingerprint density at radius 1 is 0.618 bits per heavy atom. The molecule has 2 heteroatoms. The molecule has 0 bridgehead atoms. The summed E-state index contributed by atoms with van der Waals surface area (Å²) in [6.45, 7) is 0. The van der Waals surface area contributed by atoms with Crippen LogP contribution in [0.25, 0.3) is 11.1 Å². The largest absolute Gasteiger partial charge is 0.497 e. The molecule has 0 saturated heterocycles. The molecule has 4 aromatic rings. The molecule has 170 valence electrons. The lowest BCUT2D eigenvalue weighted by Gasteiger charge is -2.18. The van der Waals surface area contributed by atoms with E-state index in [9.17, 15) is 0 Å². The molecule has 0 radical (unpaired) electrons. The Labute approximate surface area is 208 Å². The van der Waals surface area contributed by atoms with Crippen molar-refractivity contribution in [3.8, 4) is 5.75 Å². The molecule has 4 aromatic carbocycles. The van der Waals surface area contributed by atoms with Crippen LogP contribution in [0.5, 0.6) is 5.75 Å². The second kappa shape index (κ2) is 12.1. The number of thiocarbonyl (C=S) groups is 1. The molecule has 0 heterocycles. The van der Waals surface area contributed by atoms with E-state index in [2.05, 4.69) is 97.1 Å². The van der Waals surface area contributed by atoms with Gasteiger partial charge in [-0.2, -0.15) is 0 Å². The number of ether oxygens (including phenoxy) is 1. The summed E-state index contributed by atoms with van der Waals surface area (Å²) in [6, 6.07) is 40.3. The third-order valence-electron chi connectivity index (χ3n) is 5.99. The van der Waals surface area contributed by atoms with Gasteiger partial charge >= 0.3 is 0 Å². The minimum atomic E-state index is 0.865. The van der Waals surface area contributed by atoms with E-state index in [1.807, 2.05) is 18.2 Å². The molecule has 0 aliphatic heterocycles. The molecular weight excluding hydrogens is 432 g/mol. The zero-order valence-corrected chi connectivity index (χ0v) is 20.4. The SMILES string of the molecule is COc1ccc(/C(=C(/CCCC(=S)Cc2ccccc2)c2ccccc2)c2ccccc2)cc1. The first kappa shape index (κ1) is 23.7. The first-order valence-electron chi connectivity index (χ1n) is 11.8. The third kappa shape index (κ3) is 6.30. The lowest BCUT2D eigenvalue weighted by Crippen LogP contribution is -2.01. The minimum absolute atomic E-state index is 0.865. The monoisotopic (exact) mass is 462 g/mol. The van der Waals surface area contributed by atoms with Gasteiger partial charge in [-0.1, -0.05) is 115 Å². The number of benzene rings is 4. The van der Waals surface area contributed by atoms with Gasteiger partial charge in [-0.3, -0.25) is 0 Å². The molecule has 1 nitrogen and oxygen atoms in total. The highest BCUT2D eigenvalue weighted by Gasteiger charge is 2.14. The average molecular weight is 463 g/mol. The molecule has 0 amide bonds. The molecule has 34 heavy (non-hydrogen) atoms. The summed E-state index contributed by atoms with van der Waals surface area (Å²) in [5, 5.41) is 0. The van der Waals surface area contributed by atoms with Crippen molar-refractivity contribution in [1.29, 1.82) is 0 Å². The van der Waals surface area contributed by atoms with Crippen LogP contribution in [0.15, 0.2) is 115 Å². The average Bonchev–Trinajstić information content (AvgIpc) is 2.90. The van der Waals surface area contributed by atoms with Crippen molar-refractivity contribution < 1.29 is 4.74 Å². The Bertz CT molecular complexity index is 1210. The van der Waals surface area contributed by atoms with Gasteiger partial charge in [-0.05, 0) is 69.7 Å². The van der Waals surface area contributed by atoms with Crippen molar-refractivity contribution in [1.82, 2.24) is 0 Å². The van der Waals surface area contributed by atoms with Crippen molar-refractivity contribution in [2.75, 3.05) is 7.11 Å². The predicted molar refractivity (Wildman–Crippen MR) is 148 cm³/mol. The molecule has 0 saturated carbocycles. The highest BCUT2D eigenvalue weighted by Crippen LogP contribution is 2.36. The number of methoxy groups -OCH3 is 1. The molecule has 0 fully saturated rings. The Morgan fingerprint density at radius 2 is 1.15 bits per heavy atom. The first-order valence-corrected chi connectivity index (χ1v) is 12.2. The standard InChI is InChI=1S/C32H30OS/c1-33-29-22-20-28(21-23-29)32(27-16-9-4-10-17-27)31(26-14-7-3-8-15-26)19-11-18-30(34)24-25-12-5-2-6-13-25/h2-10,12-17,20-23H,11,18-19,24H2,1H3/b32-31-. The number of hydrogen-bond acceptors (Lipinski definition) is 2. The molecule has 0 aliphatic rings. The molecule has 4 rings (SSSR count). The van der Waals surface area contributed by atoms with Crippen molar-refractivity contribution in [3.05, 3.63) is 138 Å². The molecule has 0 atom stereocenters. The topological polar surface area (TPSA) is 9.23 Å². The van der Waals surface area contributed by atoms with Gasteiger partial charge in [0.25, 0.3) is 0 Å². The second-order valence-electron chi connectivity index (χ2n) is 8.37. The van der Waals surface area contributed by atoms with Crippen molar-refractivity contribution >= 4 is 28.2 Å². The van der Waals surface area contributed by atoms with Crippen LogP contribution >= 0.6 is 12.2 Å². The summed E-state index contributed by atoms with van der Waals surface area (Å²) >= 11 is 5.76. The van der Waals surface area contributed by atoms with Gasteiger partial charge in [0, 0.05) is 6.42 Å². The van der Waals surface area contributed by atoms with Gasteiger partial charge in [0.05, 0.1) is 7.11 Å². The van der Waals surface area contributed by atoms with Crippen molar-refractivity contribution in [3.63, 3.8) is 0 Å². The van der Waals surface area contributed by atoms with Crippen LogP contribution in [0.3, 0.4) is 0 Å². The summed E-state index contributed by atoms with van der Waals surface area (Å²) in [5.41, 5.74) is 7.57. The van der Waals surface area contributed by atoms with E-state index in [0.717, 1.165) is 36.3 Å². The summed E-state index contributed by atoms with van der Waals surface area (Å²) in [5.74, 6) is 0.865. The summed E-state index contributed by atoms with van der Waals surface area (Å²) in [7, 11) is 1.71. The second-order valence-corrected chi connectivity index (χ2v) is 8.95. The fourth-order valence-corrected chi connectivity index (χ4v) is 4.62. The van der Waals surface area contributed by atoms with E-state index in [1.54, 1.807) is 7.11 Å². The quantitative estimate of drug-likeness (QED) is 0.173. The van der Waals surface area contributed by atoms with Gasteiger partial charge in [0.15, 0.2) is 0 Å². The van der Waals surface area contributed by atoms with E-state index in [0.29, 0.717) is 0 Å².